The van der Waals surface area contributed by atoms with Crippen LogP contribution in [-0.4, -0.2) is 41.4 Å². The van der Waals surface area contributed by atoms with Gasteiger partial charge in [-0.1, -0.05) is 11.6 Å². The molecule has 32 heavy (non-hydrogen) atoms. The maximum Gasteiger partial charge on any atom is 0.356 e. The van der Waals surface area contributed by atoms with Crippen molar-refractivity contribution < 1.29 is 28.2 Å². The Morgan fingerprint density at radius 1 is 1.19 bits per heavy atom. The predicted molar refractivity (Wildman–Crippen MR) is 113 cm³/mol. The van der Waals surface area contributed by atoms with E-state index < -0.39 is 11.8 Å². The van der Waals surface area contributed by atoms with E-state index in [9.17, 15) is 18.8 Å². The monoisotopic (exact) mass is 460 g/mol. The number of hydrogen-bond acceptors (Lipinski definition) is 6. The third kappa shape index (κ3) is 4.46. The number of aromatic nitrogens is 1. The predicted octanol–water partition coefficient (Wildman–Crippen LogP) is 3.74. The van der Waals surface area contributed by atoms with Gasteiger partial charge in [0.05, 0.1) is 11.6 Å². The van der Waals surface area contributed by atoms with Crippen LogP contribution < -0.4 is 10.1 Å². The van der Waals surface area contributed by atoms with Crippen molar-refractivity contribution in [1.82, 2.24) is 10.3 Å². The van der Waals surface area contributed by atoms with Crippen molar-refractivity contribution in [1.29, 1.82) is 0 Å². The molecular weight excluding hydrogens is 439 g/mol. The molecule has 0 radical (unpaired) electrons. The fourth-order valence-corrected chi connectivity index (χ4v) is 4.85. The van der Waals surface area contributed by atoms with Gasteiger partial charge in [0.25, 0.3) is 5.91 Å². The third-order valence-electron chi connectivity index (χ3n) is 5.91. The number of carbonyl (C=O) groups is 3. The Kier molecular flexibility index (Phi) is 5.90. The summed E-state index contributed by atoms with van der Waals surface area (Å²) in [5.74, 6) is -1.31. The fourth-order valence-electron chi connectivity index (χ4n) is 4.73. The largest absolute Gasteiger partial charge is 0.484 e. The molecule has 0 atom stereocenters. The molecule has 3 aliphatic carbocycles. The van der Waals surface area contributed by atoms with Gasteiger partial charge in [-0.2, -0.15) is 0 Å². The lowest BCUT2D eigenvalue weighted by molar-refractivity contribution is -0.164. The second-order valence-corrected chi connectivity index (χ2v) is 8.88. The first-order valence-corrected chi connectivity index (χ1v) is 10.7. The van der Waals surface area contributed by atoms with Crippen LogP contribution in [0, 0.1) is 11.2 Å². The zero-order valence-electron chi connectivity index (χ0n) is 17.5. The molecule has 0 aliphatic heterocycles. The number of carbonyl (C=O) groups excluding carboxylic acids is 3. The summed E-state index contributed by atoms with van der Waals surface area (Å²) in [5.41, 5.74) is 0.104. The smallest absolute Gasteiger partial charge is 0.356 e. The molecule has 168 valence electrons. The molecule has 5 rings (SSSR count). The van der Waals surface area contributed by atoms with Crippen LogP contribution in [0.2, 0.25) is 5.02 Å². The Bertz CT molecular complexity index is 1070. The molecule has 1 N–H and O–H groups in total. The number of nitrogens with zero attached hydrogens (tertiary/aromatic N) is 1. The molecule has 9 heteroatoms. The highest BCUT2D eigenvalue weighted by atomic mass is 35.5. The lowest BCUT2D eigenvalue weighted by atomic mass is 9.38. The first kappa shape index (κ1) is 22.2. The Balaban J connectivity index is 1.25. The van der Waals surface area contributed by atoms with Crippen LogP contribution >= 0.6 is 11.6 Å². The van der Waals surface area contributed by atoms with Crippen molar-refractivity contribution >= 4 is 29.3 Å². The van der Waals surface area contributed by atoms with E-state index in [1.807, 2.05) is 0 Å². The number of Topliss-reactive ketones (excluding diaryl/α,β-unsaturated/α-hetero) is 1. The van der Waals surface area contributed by atoms with Crippen molar-refractivity contribution in [2.45, 2.75) is 38.1 Å². The van der Waals surface area contributed by atoms with Gasteiger partial charge in [-0.3, -0.25) is 9.59 Å². The number of nitrogens with one attached hydrogen (secondary N) is 1. The van der Waals surface area contributed by atoms with Gasteiger partial charge in [0.15, 0.2) is 12.4 Å². The second kappa shape index (κ2) is 8.50. The van der Waals surface area contributed by atoms with Crippen LogP contribution in [0.4, 0.5) is 4.39 Å². The highest BCUT2D eigenvalue weighted by Gasteiger charge is 2.68. The van der Waals surface area contributed by atoms with Crippen molar-refractivity contribution in [2.75, 3.05) is 13.2 Å². The number of amides is 1. The molecule has 1 heterocycles. The summed E-state index contributed by atoms with van der Waals surface area (Å²) in [7, 11) is 0. The number of ether oxygens (including phenoxy) is 2. The number of halogens is 2. The number of esters is 1. The fraction of sp³-hybridized carbons (Fsp3) is 0.391. The Labute approximate surface area is 189 Å². The first-order valence-electron chi connectivity index (χ1n) is 10.3. The van der Waals surface area contributed by atoms with Crippen LogP contribution in [0.1, 0.15) is 53.5 Å². The van der Waals surface area contributed by atoms with Crippen LogP contribution in [0.3, 0.4) is 0 Å². The topological polar surface area (TPSA) is 94.6 Å². The second-order valence-electron chi connectivity index (χ2n) is 8.47. The quantitative estimate of drug-likeness (QED) is 0.452. The number of hydrogen-bond donors (Lipinski definition) is 1. The highest BCUT2D eigenvalue weighted by molar-refractivity contribution is 6.30. The van der Waals surface area contributed by atoms with E-state index in [0.717, 1.165) is 6.07 Å². The standard InChI is InChI=1S/C23H22ClFN2O5/c1-2-31-21(30)18-7-14(5-6-26-18)19(28)9-22-11-23(12-22,13-22)27-20(29)10-32-15-3-4-16(24)17(25)8-15/h3-8H,2,9-13H2,1H3,(H,27,29). The van der Waals surface area contributed by atoms with E-state index in [-0.39, 0.29) is 52.3 Å². The van der Waals surface area contributed by atoms with Gasteiger partial charge in [0.1, 0.15) is 17.3 Å². The summed E-state index contributed by atoms with van der Waals surface area (Å²) in [6.07, 6.45) is 3.90. The third-order valence-corrected chi connectivity index (χ3v) is 6.21. The molecule has 0 unspecified atom stereocenters. The summed E-state index contributed by atoms with van der Waals surface area (Å²) in [6, 6.07) is 7.03. The molecule has 0 saturated heterocycles. The molecule has 3 fully saturated rings. The molecule has 1 aromatic heterocycles. The highest BCUT2D eigenvalue weighted by Crippen LogP contribution is 2.69. The average molecular weight is 461 g/mol. The minimum absolute atomic E-state index is 0.0144. The first-order chi connectivity index (χ1) is 15.2. The summed E-state index contributed by atoms with van der Waals surface area (Å²) in [5, 5.41) is 2.95. The number of pyridine rings is 1. The Hall–Kier alpha value is -3.00. The summed E-state index contributed by atoms with van der Waals surface area (Å²) in [6.45, 7) is 1.70. The van der Waals surface area contributed by atoms with Crippen molar-refractivity contribution in [2.24, 2.45) is 5.41 Å². The van der Waals surface area contributed by atoms with Crippen LogP contribution in [0.5, 0.6) is 5.75 Å². The van der Waals surface area contributed by atoms with Gasteiger partial charge < -0.3 is 14.8 Å². The van der Waals surface area contributed by atoms with Gasteiger partial charge in [-0.25, -0.2) is 14.2 Å². The minimum atomic E-state index is -0.612. The average Bonchev–Trinajstić information content (AvgIpc) is 2.72. The van der Waals surface area contributed by atoms with E-state index in [0.29, 0.717) is 31.2 Å². The van der Waals surface area contributed by atoms with Gasteiger partial charge in [0, 0.05) is 29.8 Å². The molecular formula is C23H22ClFN2O5. The zero-order chi connectivity index (χ0) is 22.9. The van der Waals surface area contributed by atoms with Gasteiger partial charge in [0.2, 0.25) is 0 Å². The molecule has 1 amide bonds. The van der Waals surface area contributed by atoms with Crippen LogP contribution in [0.25, 0.3) is 0 Å². The van der Waals surface area contributed by atoms with Gasteiger partial charge in [-0.15, -0.1) is 0 Å². The summed E-state index contributed by atoms with van der Waals surface area (Å²) < 4.78 is 23.7. The Morgan fingerprint density at radius 3 is 2.62 bits per heavy atom. The molecule has 3 saturated carbocycles. The minimum Gasteiger partial charge on any atom is -0.484 e. The van der Waals surface area contributed by atoms with Crippen molar-refractivity contribution in [3.05, 3.63) is 58.6 Å². The van der Waals surface area contributed by atoms with E-state index in [1.54, 1.807) is 13.0 Å². The van der Waals surface area contributed by atoms with Crippen LogP contribution in [-0.2, 0) is 9.53 Å². The molecule has 2 aromatic rings. The lowest BCUT2D eigenvalue weighted by Crippen LogP contribution is -2.75. The normalized spacial score (nSPS) is 22.8. The summed E-state index contributed by atoms with van der Waals surface area (Å²) in [4.78, 5) is 40.7. The number of benzene rings is 1. The van der Waals surface area contributed by atoms with E-state index in [4.69, 9.17) is 21.1 Å². The molecule has 3 aliphatic rings. The number of rotatable bonds is 9. The van der Waals surface area contributed by atoms with Gasteiger partial charge in [-0.05, 0) is 55.9 Å². The molecule has 1 aromatic carbocycles. The zero-order valence-corrected chi connectivity index (χ0v) is 18.2. The maximum atomic E-state index is 13.4. The van der Waals surface area contributed by atoms with Gasteiger partial charge >= 0.3 is 5.97 Å². The van der Waals surface area contributed by atoms with Crippen molar-refractivity contribution in [3.8, 4) is 5.75 Å². The SMILES string of the molecule is CCOC(=O)c1cc(C(=O)CC23CC(NC(=O)COc4ccc(Cl)c(F)c4)(C2)C3)ccn1. The number of ketones is 1. The van der Waals surface area contributed by atoms with Crippen LogP contribution in [0.15, 0.2) is 36.5 Å². The molecule has 0 spiro atoms. The Morgan fingerprint density at radius 2 is 1.94 bits per heavy atom. The molecule has 7 nitrogen and oxygen atoms in total. The van der Waals surface area contributed by atoms with E-state index in [1.165, 1.54) is 24.4 Å². The van der Waals surface area contributed by atoms with Crippen molar-refractivity contribution in [3.63, 3.8) is 0 Å². The maximum absolute atomic E-state index is 13.4. The lowest BCUT2D eigenvalue weighted by Gasteiger charge is -2.70. The summed E-state index contributed by atoms with van der Waals surface area (Å²) >= 11 is 5.63. The molecule has 2 bridgehead atoms. The van der Waals surface area contributed by atoms with E-state index in [2.05, 4.69) is 10.3 Å². The van der Waals surface area contributed by atoms with E-state index >= 15 is 0 Å².